The van der Waals surface area contributed by atoms with Gasteiger partial charge in [0.2, 0.25) is 0 Å². The maximum absolute atomic E-state index is 6.55. The molecule has 10 rings (SSSR count). The molecule has 0 unspecified atom stereocenters. The van der Waals surface area contributed by atoms with E-state index in [1.54, 1.807) is 0 Å². The Bertz CT molecular complexity index is 2490. The molecule has 0 saturated heterocycles. The molecular formula is C45H28N2O. The summed E-state index contributed by atoms with van der Waals surface area (Å²) in [6.45, 7) is 0. The molecule has 2 aliphatic rings. The number of ether oxygens (including phenoxy) is 1. The Morgan fingerprint density at radius 2 is 0.958 bits per heavy atom. The molecule has 0 N–H and O–H groups in total. The molecule has 1 aromatic heterocycles. The molecule has 2 heterocycles. The van der Waals surface area contributed by atoms with Crippen molar-refractivity contribution in [3.8, 4) is 56.4 Å². The maximum atomic E-state index is 6.55. The van der Waals surface area contributed by atoms with Gasteiger partial charge in [0.1, 0.15) is 11.5 Å². The van der Waals surface area contributed by atoms with Gasteiger partial charge < -0.3 is 4.74 Å². The monoisotopic (exact) mass is 612 g/mol. The SMILES string of the molecule is c1ccc(-c2ccc(-c3nc(-c4cccc5c4-c4ccccc4C54c5ccccc5Oc5ccccc54)c4ccccc4n3)cc2)cc1. The van der Waals surface area contributed by atoms with Crippen molar-refractivity contribution in [3.63, 3.8) is 0 Å². The minimum atomic E-state index is -0.535. The van der Waals surface area contributed by atoms with Gasteiger partial charge in [0.25, 0.3) is 0 Å². The average molecular weight is 613 g/mol. The second kappa shape index (κ2) is 10.3. The lowest BCUT2D eigenvalue weighted by Crippen LogP contribution is -2.32. The summed E-state index contributed by atoms with van der Waals surface area (Å²) in [7, 11) is 0. The third-order valence-electron chi connectivity index (χ3n) is 9.98. The van der Waals surface area contributed by atoms with Gasteiger partial charge in [0, 0.05) is 27.6 Å². The van der Waals surface area contributed by atoms with Crippen LogP contribution >= 0.6 is 0 Å². The van der Waals surface area contributed by atoms with E-state index in [-0.39, 0.29) is 0 Å². The lowest BCUT2D eigenvalue weighted by atomic mass is 9.66. The zero-order valence-electron chi connectivity index (χ0n) is 26.0. The smallest absolute Gasteiger partial charge is 0.160 e. The highest BCUT2D eigenvalue weighted by Gasteiger charge is 2.51. The molecule has 0 fully saturated rings. The number of nitrogens with zero attached hydrogens (tertiary/aromatic N) is 2. The van der Waals surface area contributed by atoms with Crippen LogP contribution in [0.2, 0.25) is 0 Å². The van der Waals surface area contributed by atoms with Gasteiger partial charge in [-0.1, -0.05) is 152 Å². The van der Waals surface area contributed by atoms with Crippen LogP contribution in [-0.2, 0) is 5.41 Å². The molecule has 0 radical (unpaired) electrons. The highest BCUT2D eigenvalue weighted by Crippen LogP contribution is 2.63. The largest absolute Gasteiger partial charge is 0.457 e. The molecule has 3 heteroatoms. The number of fused-ring (bicyclic) bond motifs is 10. The molecule has 3 nitrogen and oxygen atoms in total. The second-order valence-electron chi connectivity index (χ2n) is 12.5. The summed E-state index contributed by atoms with van der Waals surface area (Å²) < 4.78 is 6.55. The topological polar surface area (TPSA) is 35.0 Å². The molecule has 0 amide bonds. The van der Waals surface area contributed by atoms with Gasteiger partial charge in [-0.25, -0.2) is 9.97 Å². The van der Waals surface area contributed by atoms with Crippen molar-refractivity contribution >= 4 is 10.9 Å². The Hall–Kier alpha value is -6.32. The number of para-hydroxylation sites is 3. The minimum absolute atomic E-state index is 0.535. The van der Waals surface area contributed by atoms with E-state index in [0.717, 1.165) is 50.3 Å². The van der Waals surface area contributed by atoms with Crippen LogP contribution in [0.15, 0.2) is 170 Å². The molecule has 224 valence electrons. The van der Waals surface area contributed by atoms with Gasteiger partial charge in [-0.15, -0.1) is 0 Å². The molecule has 0 bridgehead atoms. The fourth-order valence-electron chi connectivity index (χ4n) is 7.95. The fraction of sp³-hybridized carbons (Fsp3) is 0.0222. The molecule has 48 heavy (non-hydrogen) atoms. The third-order valence-corrected chi connectivity index (χ3v) is 9.98. The lowest BCUT2D eigenvalue weighted by molar-refractivity contribution is 0.436. The Labute approximate surface area is 278 Å². The normalized spacial score (nSPS) is 13.3. The number of hydrogen-bond acceptors (Lipinski definition) is 3. The van der Waals surface area contributed by atoms with Gasteiger partial charge in [-0.05, 0) is 51.6 Å². The second-order valence-corrected chi connectivity index (χ2v) is 12.5. The van der Waals surface area contributed by atoms with Crippen LogP contribution < -0.4 is 4.74 Å². The molecule has 1 aliphatic heterocycles. The van der Waals surface area contributed by atoms with Gasteiger partial charge in [0.05, 0.1) is 16.6 Å². The van der Waals surface area contributed by atoms with Crippen LogP contribution in [0.1, 0.15) is 22.3 Å². The van der Waals surface area contributed by atoms with Gasteiger partial charge >= 0.3 is 0 Å². The number of aromatic nitrogens is 2. The summed E-state index contributed by atoms with van der Waals surface area (Å²) in [5.41, 5.74) is 13.0. The van der Waals surface area contributed by atoms with Crippen molar-refractivity contribution in [1.82, 2.24) is 9.97 Å². The number of hydrogen-bond donors (Lipinski definition) is 0. The first-order valence-electron chi connectivity index (χ1n) is 16.3. The quantitative estimate of drug-likeness (QED) is 0.199. The average Bonchev–Trinajstić information content (AvgIpc) is 3.46. The van der Waals surface area contributed by atoms with Crippen LogP contribution in [0, 0.1) is 0 Å². The highest BCUT2D eigenvalue weighted by atomic mass is 16.5. The summed E-state index contributed by atoms with van der Waals surface area (Å²) in [6.07, 6.45) is 0. The molecule has 0 saturated carbocycles. The first-order chi connectivity index (χ1) is 23.8. The molecule has 8 aromatic rings. The minimum Gasteiger partial charge on any atom is -0.457 e. The van der Waals surface area contributed by atoms with Gasteiger partial charge in [-0.3, -0.25) is 0 Å². The predicted molar refractivity (Wildman–Crippen MR) is 193 cm³/mol. The van der Waals surface area contributed by atoms with E-state index in [1.807, 2.05) is 6.07 Å². The van der Waals surface area contributed by atoms with E-state index in [0.29, 0.717) is 5.82 Å². The standard InChI is InChI=1S/C45H28N2O/c1-2-13-29(14-3-1)30-25-27-31(28-26-30)44-46-39-22-9-5-16-33(39)43(47-44)34-17-12-21-38-42(34)32-15-4-6-18-35(32)45(38)36-19-7-10-23-40(36)48-41-24-11-8-20-37(41)45/h1-28H. The maximum Gasteiger partial charge on any atom is 0.160 e. The Morgan fingerprint density at radius 3 is 1.73 bits per heavy atom. The lowest BCUT2D eigenvalue weighted by Gasteiger charge is -2.39. The van der Waals surface area contributed by atoms with E-state index in [1.165, 1.54) is 33.4 Å². The molecule has 0 atom stereocenters. The van der Waals surface area contributed by atoms with Crippen molar-refractivity contribution in [2.75, 3.05) is 0 Å². The van der Waals surface area contributed by atoms with Crippen molar-refractivity contribution in [2.45, 2.75) is 5.41 Å². The van der Waals surface area contributed by atoms with E-state index in [4.69, 9.17) is 14.7 Å². The Balaban J connectivity index is 1.24. The van der Waals surface area contributed by atoms with Crippen LogP contribution in [0.5, 0.6) is 11.5 Å². The van der Waals surface area contributed by atoms with Gasteiger partial charge in [0.15, 0.2) is 5.82 Å². The summed E-state index contributed by atoms with van der Waals surface area (Å²) in [4.78, 5) is 10.5. The summed E-state index contributed by atoms with van der Waals surface area (Å²) in [5.74, 6) is 2.49. The Kier molecular flexibility index (Phi) is 5.79. The number of benzene rings is 7. The summed E-state index contributed by atoms with van der Waals surface area (Å²) >= 11 is 0. The van der Waals surface area contributed by atoms with Crippen molar-refractivity contribution in [3.05, 3.63) is 192 Å². The van der Waals surface area contributed by atoms with E-state index in [2.05, 4.69) is 164 Å². The molecule has 7 aromatic carbocycles. The van der Waals surface area contributed by atoms with Crippen LogP contribution in [0.3, 0.4) is 0 Å². The molecular weight excluding hydrogens is 585 g/mol. The highest BCUT2D eigenvalue weighted by molar-refractivity contribution is 6.02. The third kappa shape index (κ3) is 3.76. The van der Waals surface area contributed by atoms with E-state index >= 15 is 0 Å². The van der Waals surface area contributed by atoms with Crippen molar-refractivity contribution < 1.29 is 4.74 Å². The zero-order chi connectivity index (χ0) is 31.7. The Morgan fingerprint density at radius 1 is 0.396 bits per heavy atom. The predicted octanol–water partition coefficient (Wildman–Crippen LogP) is 11.1. The van der Waals surface area contributed by atoms with Crippen molar-refractivity contribution in [1.29, 1.82) is 0 Å². The first kappa shape index (κ1) is 26.9. The van der Waals surface area contributed by atoms with Crippen LogP contribution in [0.4, 0.5) is 0 Å². The summed E-state index contributed by atoms with van der Waals surface area (Å²) in [5, 5.41) is 1.03. The van der Waals surface area contributed by atoms with E-state index in [9.17, 15) is 0 Å². The first-order valence-corrected chi connectivity index (χ1v) is 16.3. The summed E-state index contributed by atoms with van der Waals surface area (Å²) in [6, 6.07) is 59.9. The number of rotatable bonds is 3. The fourth-order valence-corrected chi connectivity index (χ4v) is 7.95. The van der Waals surface area contributed by atoms with Crippen LogP contribution in [0.25, 0.3) is 55.8 Å². The van der Waals surface area contributed by atoms with E-state index < -0.39 is 5.41 Å². The molecule has 1 spiro atoms. The molecule has 1 aliphatic carbocycles. The van der Waals surface area contributed by atoms with Crippen LogP contribution in [-0.4, -0.2) is 9.97 Å². The van der Waals surface area contributed by atoms with Crippen molar-refractivity contribution in [2.24, 2.45) is 0 Å². The zero-order valence-corrected chi connectivity index (χ0v) is 26.0. The van der Waals surface area contributed by atoms with Gasteiger partial charge in [-0.2, -0.15) is 0 Å².